The average molecular weight is 377 g/mol. The number of rotatable bonds is 11. The molecule has 0 spiro atoms. The summed E-state index contributed by atoms with van der Waals surface area (Å²) in [5.41, 5.74) is 9.03. The molecule has 0 aliphatic rings. The first-order valence-corrected chi connectivity index (χ1v) is 9.68. The highest BCUT2D eigenvalue weighted by molar-refractivity contribution is 5.06. The van der Waals surface area contributed by atoms with Gasteiger partial charge in [-0.3, -0.25) is 24.8 Å². The quantitative estimate of drug-likeness (QED) is 0.554. The molecule has 0 radical (unpaired) electrons. The van der Waals surface area contributed by atoms with Crippen LogP contribution in [0.15, 0.2) is 73.2 Å². The molecule has 0 amide bonds. The van der Waals surface area contributed by atoms with E-state index in [1.165, 1.54) is 0 Å². The summed E-state index contributed by atoms with van der Waals surface area (Å²) in [5, 5.41) is 0. The van der Waals surface area contributed by atoms with Crippen LogP contribution in [-0.2, 0) is 19.6 Å². The lowest BCUT2D eigenvalue weighted by molar-refractivity contribution is 0.187. The van der Waals surface area contributed by atoms with Gasteiger partial charge in [-0.15, -0.1) is 0 Å². The molecule has 146 valence electrons. The monoisotopic (exact) mass is 376 g/mol. The predicted molar refractivity (Wildman–Crippen MR) is 111 cm³/mol. The SMILES string of the molecule is NCCN(CCN(Cc1ccccn1)Cc1ccccn1)Cc1ccccn1. The van der Waals surface area contributed by atoms with Gasteiger partial charge in [0.2, 0.25) is 0 Å². The average Bonchev–Trinajstić information content (AvgIpc) is 2.74. The first-order chi connectivity index (χ1) is 13.8. The van der Waals surface area contributed by atoms with Crippen molar-refractivity contribution < 1.29 is 0 Å². The maximum Gasteiger partial charge on any atom is 0.0544 e. The Labute approximate surface area is 167 Å². The van der Waals surface area contributed by atoms with Crippen LogP contribution in [0.1, 0.15) is 17.1 Å². The topological polar surface area (TPSA) is 71.2 Å². The van der Waals surface area contributed by atoms with E-state index in [4.69, 9.17) is 5.73 Å². The highest BCUT2D eigenvalue weighted by Gasteiger charge is 2.12. The molecule has 3 heterocycles. The van der Waals surface area contributed by atoms with Crippen LogP contribution in [0.5, 0.6) is 0 Å². The van der Waals surface area contributed by atoms with Crippen LogP contribution in [0.4, 0.5) is 0 Å². The molecule has 3 aromatic rings. The zero-order valence-corrected chi connectivity index (χ0v) is 16.2. The Hall–Kier alpha value is -2.67. The Morgan fingerprint density at radius 1 is 0.571 bits per heavy atom. The molecule has 0 aliphatic heterocycles. The zero-order valence-electron chi connectivity index (χ0n) is 16.2. The van der Waals surface area contributed by atoms with Crippen LogP contribution >= 0.6 is 0 Å². The van der Waals surface area contributed by atoms with E-state index in [1.807, 2.05) is 55.0 Å². The number of hydrogen-bond acceptors (Lipinski definition) is 6. The van der Waals surface area contributed by atoms with E-state index in [0.717, 1.165) is 56.4 Å². The molecule has 6 heteroatoms. The molecule has 0 unspecified atom stereocenters. The lowest BCUT2D eigenvalue weighted by atomic mass is 10.2. The number of nitrogens with two attached hydrogens (primary N) is 1. The van der Waals surface area contributed by atoms with Gasteiger partial charge in [-0.1, -0.05) is 18.2 Å². The van der Waals surface area contributed by atoms with Crippen molar-refractivity contribution in [1.82, 2.24) is 24.8 Å². The smallest absolute Gasteiger partial charge is 0.0544 e. The van der Waals surface area contributed by atoms with Crippen molar-refractivity contribution in [2.45, 2.75) is 19.6 Å². The van der Waals surface area contributed by atoms with Crippen molar-refractivity contribution in [2.75, 3.05) is 26.2 Å². The van der Waals surface area contributed by atoms with Gasteiger partial charge in [0.15, 0.2) is 0 Å². The van der Waals surface area contributed by atoms with E-state index in [9.17, 15) is 0 Å². The largest absolute Gasteiger partial charge is 0.329 e. The van der Waals surface area contributed by atoms with Gasteiger partial charge in [-0.05, 0) is 36.4 Å². The number of nitrogens with zero attached hydrogens (tertiary/aromatic N) is 5. The summed E-state index contributed by atoms with van der Waals surface area (Å²) < 4.78 is 0. The fourth-order valence-electron chi connectivity index (χ4n) is 3.11. The summed E-state index contributed by atoms with van der Waals surface area (Å²) in [7, 11) is 0. The van der Waals surface area contributed by atoms with Gasteiger partial charge in [0.05, 0.1) is 17.1 Å². The summed E-state index contributed by atoms with van der Waals surface area (Å²) in [6.45, 7) is 5.67. The van der Waals surface area contributed by atoms with Gasteiger partial charge >= 0.3 is 0 Å². The molecule has 0 bridgehead atoms. The van der Waals surface area contributed by atoms with Crippen molar-refractivity contribution in [2.24, 2.45) is 5.73 Å². The lowest BCUT2D eigenvalue weighted by Crippen LogP contribution is -2.37. The second-order valence-corrected chi connectivity index (χ2v) is 6.74. The standard InChI is InChI=1S/C22H28N6/c23-10-14-27(17-20-7-1-4-11-24-20)15-16-28(18-21-8-2-5-12-25-21)19-22-9-3-6-13-26-22/h1-9,11-13H,10,14-19,23H2. The van der Waals surface area contributed by atoms with Crippen molar-refractivity contribution in [3.8, 4) is 0 Å². The third kappa shape index (κ3) is 6.81. The molecule has 2 N–H and O–H groups in total. The second-order valence-electron chi connectivity index (χ2n) is 6.74. The van der Waals surface area contributed by atoms with Crippen LogP contribution in [0, 0.1) is 0 Å². The van der Waals surface area contributed by atoms with Crippen LogP contribution in [0.3, 0.4) is 0 Å². The Balaban J connectivity index is 1.64. The predicted octanol–water partition coefficient (Wildman–Crippen LogP) is 2.33. The number of pyridine rings is 3. The fourth-order valence-corrected chi connectivity index (χ4v) is 3.11. The van der Waals surface area contributed by atoms with E-state index >= 15 is 0 Å². The number of hydrogen-bond donors (Lipinski definition) is 1. The van der Waals surface area contributed by atoms with Gasteiger partial charge in [0, 0.05) is 64.4 Å². The molecule has 0 saturated heterocycles. The molecule has 0 aliphatic carbocycles. The van der Waals surface area contributed by atoms with Crippen molar-refractivity contribution in [1.29, 1.82) is 0 Å². The fraction of sp³-hybridized carbons (Fsp3) is 0.318. The highest BCUT2D eigenvalue weighted by atomic mass is 15.2. The summed E-state index contributed by atoms with van der Waals surface area (Å²) in [6.07, 6.45) is 5.52. The molecule has 3 aromatic heterocycles. The maximum absolute atomic E-state index is 5.84. The molecule has 0 atom stereocenters. The summed E-state index contributed by atoms with van der Waals surface area (Å²) in [6, 6.07) is 18.1. The molecule has 6 nitrogen and oxygen atoms in total. The van der Waals surface area contributed by atoms with Crippen molar-refractivity contribution in [3.63, 3.8) is 0 Å². The second kappa shape index (κ2) is 11.2. The molecular formula is C22H28N6. The Morgan fingerprint density at radius 2 is 1.00 bits per heavy atom. The molecule has 3 rings (SSSR count). The minimum Gasteiger partial charge on any atom is -0.329 e. The summed E-state index contributed by atoms with van der Waals surface area (Å²) in [4.78, 5) is 18.2. The van der Waals surface area contributed by atoms with Crippen molar-refractivity contribution in [3.05, 3.63) is 90.3 Å². The molecular weight excluding hydrogens is 348 g/mol. The Bertz CT molecular complexity index is 740. The number of aromatic nitrogens is 3. The first kappa shape index (κ1) is 20.1. The van der Waals surface area contributed by atoms with Gasteiger partial charge in [0.1, 0.15) is 0 Å². The third-order valence-electron chi connectivity index (χ3n) is 4.51. The van der Waals surface area contributed by atoms with E-state index in [1.54, 1.807) is 0 Å². The Kier molecular flexibility index (Phi) is 8.06. The van der Waals surface area contributed by atoms with Crippen LogP contribution < -0.4 is 5.73 Å². The lowest BCUT2D eigenvalue weighted by Gasteiger charge is -2.27. The molecule has 0 saturated carbocycles. The van der Waals surface area contributed by atoms with Gasteiger partial charge < -0.3 is 5.73 Å². The maximum atomic E-state index is 5.84. The summed E-state index contributed by atoms with van der Waals surface area (Å²) >= 11 is 0. The summed E-state index contributed by atoms with van der Waals surface area (Å²) in [5.74, 6) is 0. The third-order valence-corrected chi connectivity index (χ3v) is 4.51. The zero-order chi connectivity index (χ0) is 19.4. The van der Waals surface area contributed by atoms with Crippen molar-refractivity contribution >= 4 is 0 Å². The highest BCUT2D eigenvalue weighted by Crippen LogP contribution is 2.08. The van der Waals surface area contributed by atoms with Gasteiger partial charge in [0.25, 0.3) is 0 Å². The van der Waals surface area contributed by atoms with E-state index in [-0.39, 0.29) is 0 Å². The van der Waals surface area contributed by atoms with Crippen LogP contribution in [0.2, 0.25) is 0 Å². The van der Waals surface area contributed by atoms with Gasteiger partial charge in [-0.25, -0.2) is 0 Å². The van der Waals surface area contributed by atoms with Crippen LogP contribution in [0.25, 0.3) is 0 Å². The minimum atomic E-state index is 0.632. The van der Waals surface area contributed by atoms with E-state index in [0.29, 0.717) is 6.54 Å². The minimum absolute atomic E-state index is 0.632. The van der Waals surface area contributed by atoms with E-state index < -0.39 is 0 Å². The normalized spacial score (nSPS) is 11.2. The van der Waals surface area contributed by atoms with E-state index in [2.05, 4.69) is 43.0 Å². The first-order valence-electron chi connectivity index (χ1n) is 9.68. The van der Waals surface area contributed by atoms with Gasteiger partial charge in [-0.2, -0.15) is 0 Å². The molecule has 0 aromatic carbocycles. The molecule has 28 heavy (non-hydrogen) atoms. The van der Waals surface area contributed by atoms with Crippen LogP contribution in [-0.4, -0.2) is 50.9 Å². The molecule has 0 fully saturated rings. The Morgan fingerprint density at radius 3 is 1.39 bits per heavy atom.